The molecule has 80 valence electrons. The highest BCUT2D eigenvalue weighted by Crippen LogP contribution is 2.50. The Bertz CT molecular complexity index is 259. The topological polar surface area (TPSA) is 40.5 Å². The number of fused-ring (bicyclic) bond motifs is 1. The van der Waals surface area contributed by atoms with Crippen molar-refractivity contribution in [3.63, 3.8) is 0 Å². The van der Waals surface area contributed by atoms with Gasteiger partial charge in [0.2, 0.25) is 0 Å². The number of allylic oxidation sites excluding steroid dienone is 1. The van der Waals surface area contributed by atoms with Gasteiger partial charge in [0.15, 0.2) is 0 Å². The van der Waals surface area contributed by atoms with E-state index in [9.17, 15) is 10.2 Å². The van der Waals surface area contributed by atoms with Crippen molar-refractivity contribution < 1.29 is 10.2 Å². The maximum absolute atomic E-state index is 9.71. The van der Waals surface area contributed by atoms with Crippen LogP contribution in [0.25, 0.3) is 0 Å². The molecule has 4 atom stereocenters. The molecule has 0 bridgehead atoms. The first-order chi connectivity index (χ1) is 6.54. The second-order valence-corrected chi connectivity index (χ2v) is 5.16. The third kappa shape index (κ3) is 1.41. The van der Waals surface area contributed by atoms with Crippen molar-refractivity contribution in [2.24, 2.45) is 11.3 Å². The largest absolute Gasteiger partial charge is 0.390 e. The van der Waals surface area contributed by atoms with Gasteiger partial charge in [-0.2, -0.15) is 0 Å². The molecule has 2 N–H and O–H groups in total. The summed E-state index contributed by atoms with van der Waals surface area (Å²) in [6.07, 6.45) is 4.99. The lowest BCUT2D eigenvalue weighted by Gasteiger charge is -2.47. The third-order valence-corrected chi connectivity index (χ3v) is 4.30. The molecule has 0 aromatic rings. The third-order valence-electron chi connectivity index (χ3n) is 4.30. The Morgan fingerprint density at radius 1 is 1.43 bits per heavy atom. The summed E-state index contributed by atoms with van der Waals surface area (Å²) in [5.41, 5.74) is 1.51. The van der Waals surface area contributed by atoms with Gasteiger partial charge in [-0.25, -0.2) is 0 Å². The first-order valence-corrected chi connectivity index (χ1v) is 5.61. The average Bonchev–Trinajstić information content (AvgIpc) is 2.11. The molecule has 0 heterocycles. The van der Waals surface area contributed by atoms with Gasteiger partial charge in [-0.3, -0.25) is 0 Å². The first kappa shape index (κ1) is 10.2. The monoisotopic (exact) mass is 196 g/mol. The lowest BCUT2D eigenvalue weighted by Crippen LogP contribution is -2.43. The van der Waals surface area contributed by atoms with E-state index in [2.05, 4.69) is 13.8 Å². The first-order valence-electron chi connectivity index (χ1n) is 5.61. The van der Waals surface area contributed by atoms with Gasteiger partial charge >= 0.3 is 0 Å². The van der Waals surface area contributed by atoms with E-state index >= 15 is 0 Å². The van der Waals surface area contributed by atoms with Gasteiger partial charge in [0.05, 0.1) is 12.2 Å². The normalized spacial score (nSPS) is 48.3. The number of rotatable bonds is 0. The van der Waals surface area contributed by atoms with Crippen LogP contribution in [0.5, 0.6) is 0 Å². The summed E-state index contributed by atoms with van der Waals surface area (Å²) < 4.78 is 0. The van der Waals surface area contributed by atoms with Crippen LogP contribution in [0.1, 0.15) is 39.5 Å². The minimum atomic E-state index is -0.636. The molecule has 0 aromatic heterocycles. The summed E-state index contributed by atoms with van der Waals surface area (Å²) in [7, 11) is 0. The zero-order valence-corrected chi connectivity index (χ0v) is 9.03. The maximum atomic E-state index is 9.71. The molecular formula is C12H20O2. The Labute approximate surface area is 85.6 Å². The fourth-order valence-corrected chi connectivity index (χ4v) is 3.00. The predicted molar refractivity (Wildman–Crippen MR) is 55.8 cm³/mol. The van der Waals surface area contributed by atoms with Crippen LogP contribution < -0.4 is 0 Å². The SMILES string of the molecule is C[C@H]1CCCC2=C[C@H](O)[C@H](O)C[C@]21C. The van der Waals surface area contributed by atoms with Crippen LogP contribution in [0.15, 0.2) is 11.6 Å². The van der Waals surface area contributed by atoms with Crippen molar-refractivity contribution in [1.82, 2.24) is 0 Å². The van der Waals surface area contributed by atoms with Crippen molar-refractivity contribution in [2.45, 2.75) is 51.7 Å². The van der Waals surface area contributed by atoms with Crippen LogP contribution in [-0.4, -0.2) is 22.4 Å². The highest BCUT2D eigenvalue weighted by molar-refractivity contribution is 5.23. The van der Waals surface area contributed by atoms with Crippen LogP contribution in [0.4, 0.5) is 0 Å². The van der Waals surface area contributed by atoms with E-state index in [4.69, 9.17) is 0 Å². The Balaban J connectivity index is 2.32. The van der Waals surface area contributed by atoms with Gasteiger partial charge in [0.25, 0.3) is 0 Å². The summed E-state index contributed by atoms with van der Waals surface area (Å²) >= 11 is 0. The lowest BCUT2D eigenvalue weighted by molar-refractivity contribution is -0.00947. The minimum absolute atomic E-state index is 0.136. The van der Waals surface area contributed by atoms with Crippen LogP contribution in [0.2, 0.25) is 0 Å². The van der Waals surface area contributed by atoms with E-state index in [-0.39, 0.29) is 5.41 Å². The second kappa shape index (κ2) is 3.35. The van der Waals surface area contributed by atoms with Gasteiger partial charge in [-0.15, -0.1) is 0 Å². The quantitative estimate of drug-likeness (QED) is 0.581. The fourth-order valence-electron chi connectivity index (χ4n) is 3.00. The van der Waals surface area contributed by atoms with Gasteiger partial charge in [-0.1, -0.05) is 25.5 Å². The lowest BCUT2D eigenvalue weighted by atomic mass is 9.60. The second-order valence-electron chi connectivity index (χ2n) is 5.16. The van der Waals surface area contributed by atoms with Crippen LogP contribution in [-0.2, 0) is 0 Å². The Kier molecular flexibility index (Phi) is 2.44. The zero-order valence-electron chi connectivity index (χ0n) is 9.03. The summed E-state index contributed by atoms with van der Waals surface area (Å²) in [6, 6.07) is 0. The highest BCUT2D eigenvalue weighted by atomic mass is 16.3. The number of hydrogen-bond acceptors (Lipinski definition) is 2. The molecule has 0 amide bonds. The molecule has 2 rings (SSSR count). The Morgan fingerprint density at radius 2 is 2.14 bits per heavy atom. The van der Waals surface area contributed by atoms with Crippen molar-refractivity contribution in [3.8, 4) is 0 Å². The van der Waals surface area contributed by atoms with E-state index in [1.54, 1.807) is 0 Å². The van der Waals surface area contributed by atoms with Crippen molar-refractivity contribution in [3.05, 3.63) is 11.6 Å². The molecule has 0 spiro atoms. The van der Waals surface area contributed by atoms with Gasteiger partial charge < -0.3 is 10.2 Å². The zero-order chi connectivity index (χ0) is 10.3. The standard InChI is InChI=1S/C12H20O2/c1-8-4-3-5-9-6-10(13)11(14)7-12(8,9)2/h6,8,10-11,13-14H,3-5,7H2,1-2H3/t8-,10-,11+,12-/m0/s1. The van der Waals surface area contributed by atoms with E-state index in [1.807, 2.05) is 6.08 Å². The molecule has 2 aliphatic rings. The number of aliphatic hydroxyl groups excluding tert-OH is 2. The van der Waals surface area contributed by atoms with Crippen LogP contribution in [0.3, 0.4) is 0 Å². The van der Waals surface area contributed by atoms with Crippen molar-refractivity contribution in [1.29, 1.82) is 0 Å². The van der Waals surface area contributed by atoms with Crippen molar-refractivity contribution >= 4 is 0 Å². The molecule has 0 unspecified atom stereocenters. The van der Waals surface area contributed by atoms with Crippen LogP contribution >= 0.6 is 0 Å². The molecule has 2 nitrogen and oxygen atoms in total. The molecule has 0 aromatic carbocycles. The molecular weight excluding hydrogens is 176 g/mol. The molecule has 1 saturated carbocycles. The Morgan fingerprint density at radius 3 is 2.86 bits per heavy atom. The fraction of sp³-hybridized carbons (Fsp3) is 0.833. The summed E-state index contributed by atoms with van der Waals surface area (Å²) in [5.74, 6) is 0.629. The molecule has 1 fully saturated rings. The van der Waals surface area contributed by atoms with Crippen LogP contribution in [0, 0.1) is 11.3 Å². The molecule has 2 aliphatic carbocycles. The van der Waals surface area contributed by atoms with E-state index < -0.39 is 12.2 Å². The van der Waals surface area contributed by atoms with E-state index in [1.165, 1.54) is 18.4 Å². The number of hydrogen-bond donors (Lipinski definition) is 2. The molecule has 14 heavy (non-hydrogen) atoms. The van der Waals surface area contributed by atoms with Gasteiger partial charge in [0.1, 0.15) is 0 Å². The van der Waals surface area contributed by atoms with E-state index in [0.717, 1.165) is 12.8 Å². The highest BCUT2D eigenvalue weighted by Gasteiger charge is 2.43. The summed E-state index contributed by atoms with van der Waals surface area (Å²) in [5, 5.41) is 19.3. The molecule has 2 heteroatoms. The minimum Gasteiger partial charge on any atom is -0.390 e. The maximum Gasteiger partial charge on any atom is 0.0983 e. The predicted octanol–water partition coefficient (Wildman–Crippen LogP) is 1.86. The average molecular weight is 196 g/mol. The summed E-state index contributed by atoms with van der Waals surface area (Å²) in [6.45, 7) is 4.50. The molecule has 0 saturated heterocycles. The number of aliphatic hydroxyl groups is 2. The van der Waals surface area contributed by atoms with E-state index in [0.29, 0.717) is 5.92 Å². The van der Waals surface area contributed by atoms with Crippen molar-refractivity contribution in [2.75, 3.05) is 0 Å². The smallest absolute Gasteiger partial charge is 0.0983 e. The van der Waals surface area contributed by atoms with Gasteiger partial charge in [0, 0.05) is 0 Å². The molecule has 0 radical (unpaired) electrons. The molecule has 0 aliphatic heterocycles. The van der Waals surface area contributed by atoms with Gasteiger partial charge in [-0.05, 0) is 37.0 Å². The summed E-state index contributed by atoms with van der Waals surface area (Å²) in [4.78, 5) is 0. The Hall–Kier alpha value is -0.340.